The maximum atomic E-state index is 5.87. The second-order valence-corrected chi connectivity index (χ2v) is 5.71. The third-order valence-electron chi connectivity index (χ3n) is 2.69. The number of thioether (sulfide) groups is 1. The van der Waals surface area contributed by atoms with Gasteiger partial charge >= 0.3 is 0 Å². The van der Waals surface area contributed by atoms with Crippen LogP contribution in [0, 0.1) is 0 Å². The van der Waals surface area contributed by atoms with E-state index in [0.717, 1.165) is 36.0 Å². The Morgan fingerprint density at radius 1 is 1.27 bits per heavy atom. The van der Waals surface area contributed by atoms with Crippen molar-refractivity contribution < 1.29 is 0 Å². The second-order valence-electron chi connectivity index (χ2n) is 4.27. The molecule has 0 amide bonds. The van der Waals surface area contributed by atoms with Crippen molar-refractivity contribution in [2.24, 2.45) is 10.7 Å². The molecule has 122 valence electrons. The molecule has 1 heterocycles. The standard InChI is InChI=1S/C14H17ClN4S.2ClH/c15-12-5-3-11(4-6-12)10-20-14(16)19-7-1-2-13-17-8-9-18-13;;/h3-6,8-9H,1-2,7,10H2,(H2,16,19)(H,17,18);2*1H. The highest BCUT2D eigenvalue weighted by atomic mass is 35.5. The number of hydrogen-bond donors (Lipinski definition) is 2. The molecule has 22 heavy (non-hydrogen) atoms. The molecule has 0 unspecified atom stereocenters. The number of hydrogen-bond acceptors (Lipinski definition) is 3. The fourth-order valence-corrected chi connectivity index (χ4v) is 2.47. The Morgan fingerprint density at radius 3 is 2.64 bits per heavy atom. The number of nitrogens with two attached hydrogens (primary N) is 1. The molecule has 3 N–H and O–H groups in total. The van der Waals surface area contributed by atoms with Gasteiger partial charge in [-0.3, -0.25) is 4.99 Å². The van der Waals surface area contributed by atoms with E-state index in [4.69, 9.17) is 17.3 Å². The normalized spacial score (nSPS) is 10.7. The van der Waals surface area contributed by atoms with Gasteiger partial charge in [0.15, 0.2) is 5.17 Å². The number of benzene rings is 1. The average molecular weight is 382 g/mol. The first kappa shape index (κ1) is 21.1. The van der Waals surface area contributed by atoms with Gasteiger partial charge in [0.1, 0.15) is 5.82 Å². The number of aliphatic imine (C=N–C) groups is 1. The minimum absolute atomic E-state index is 0. The van der Waals surface area contributed by atoms with Crippen LogP contribution in [0.25, 0.3) is 0 Å². The summed E-state index contributed by atoms with van der Waals surface area (Å²) in [5.74, 6) is 1.80. The number of halogens is 3. The summed E-state index contributed by atoms with van der Waals surface area (Å²) >= 11 is 7.38. The fraction of sp³-hybridized carbons (Fsp3) is 0.286. The van der Waals surface area contributed by atoms with Gasteiger partial charge in [-0.1, -0.05) is 35.5 Å². The Kier molecular flexibility index (Phi) is 11.2. The summed E-state index contributed by atoms with van der Waals surface area (Å²) in [6.07, 6.45) is 5.42. The minimum atomic E-state index is 0. The van der Waals surface area contributed by atoms with Gasteiger partial charge in [0.2, 0.25) is 0 Å². The van der Waals surface area contributed by atoms with Crippen molar-refractivity contribution >= 4 is 53.3 Å². The van der Waals surface area contributed by atoms with Crippen LogP contribution in [0.5, 0.6) is 0 Å². The molecule has 0 atom stereocenters. The molecule has 0 aliphatic heterocycles. The van der Waals surface area contributed by atoms with Crippen LogP contribution in [0.1, 0.15) is 17.8 Å². The van der Waals surface area contributed by atoms with E-state index >= 15 is 0 Å². The first-order chi connectivity index (χ1) is 9.74. The van der Waals surface area contributed by atoms with Crippen molar-refractivity contribution in [3.63, 3.8) is 0 Å². The number of aromatic amines is 1. The largest absolute Gasteiger partial charge is 0.379 e. The summed E-state index contributed by atoms with van der Waals surface area (Å²) < 4.78 is 0. The quantitative estimate of drug-likeness (QED) is 0.450. The van der Waals surface area contributed by atoms with Crippen LogP contribution in [0.2, 0.25) is 5.02 Å². The molecule has 0 spiro atoms. The van der Waals surface area contributed by atoms with Crippen molar-refractivity contribution in [3.05, 3.63) is 53.1 Å². The Hall–Kier alpha value is -0.880. The van der Waals surface area contributed by atoms with E-state index in [1.807, 2.05) is 30.5 Å². The molecular formula is C14H19Cl3N4S. The van der Waals surface area contributed by atoms with E-state index < -0.39 is 0 Å². The number of nitrogens with one attached hydrogen (secondary N) is 1. The third-order valence-corrected chi connectivity index (χ3v) is 3.85. The fourth-order valence-electron chi connectivity index (χ4n) is 1.65. The van der Waals surface area contributed by atoms with Crippen LogP contribution in [0.4, 0.5) is 0 Å². The Bertz CT molecular complexity index is 544. The minimum Gasteiger partial charge on any atom is -0.379 e. The monoisotopic (exact) mass is 380 g/mol. The van der Waals surface area contributed by atoms with Gasteiger partial charge in [0.05, 0.1) is 0 Å². The number of H-pyrrole nitrogens is 1. The maximum absolute atomic E-state index is 5.87. The molecule has 0 saturated carbocycles. The van der Waals surface area contributed by atoms with Gasteiger partial charge < -0.3 is 10.7 Å². The predicted molar refractivity (Wildman–Crippen MR) is 101 cm³/mol. The number of amidine groups is 1. The number of aryl methyl sites for hydroxylation is 1. The molecule has 8 heteroatoms. The highest BCUT2D eigenvalue weighted by molar-refractivity contribution is 8.13. The number of rotatable bonds is 6. The first-order valence-electron chi connectivity index (χ1n) is 6.39. The molecule has 0 aliphatic carbocycles. The molecule has 1 aromatic heterocycles. The van der Waals surface area contributed by atoms with Crippen LogP contribution >= 0.6 is 48.2 Å². The molecule has 1 aromatic carbocycles. The highest BCUT2D eigenvalue weighted by Gasteiger charge is 1.98. The van der Waals surface area contributed by atoms with Crippen LogP contribution < -0.4 is 5.73 Å². The van der Waals surface area contributed by atoms with E-state index in [1.165, 1.54) is 5.56 Å². The lowest BCUT2D eigenvalue weighted by atomic mass is 10.2. The molecule has 2 aromatic rings. The summed E-state index contributed by atoms with van der Waals surface area (Å²) in [7, 11) is 0. The van der Waals surface area contributed by atoms with Gasteiger partial charge in [-0.05, 0) is 24.1 Å². The highest BCUT2D eigenvalue weighted by Crippen LogP contribution is 2.15. The zero-order valence-corrected chi connectivity index (χ0v) is 15.1. The summed E-state index contributed by atoms with van der Waals surface area (Å²) in [5, 5.41) is 1.37. The molecule has 0 saturated heterocycles. The number of aromatic nitrogens is 2. The van der Waals surface area contributed by atoms with E-state index in [-0.39, 0.29) is 24.8 Å². The van der Waals surface area contributed by atoms with Crippen molar-refractivity contribution in [1.29, 1.82) is 0 Å². The predicted octanol–water partition coefficient (Wildman–Crippen LogP) is 4.09. The molecule has 2 rings (SSSR count). The van der Waals surface area contributed by atoms with E-state index in [0.29, 0.717) is 5.17 Å². The maximum Gasteiger partial charge on any atom is 0.154 e. The smallest absolute Gasteiger partial charge is 0.154 e. The zero-order valence-electron chi connectivity index (χ0n) is 11.9. The van der Waals surface area contributed by atoms with Crippen molar-refractivity contribution in [3.8, 4) is 0 Å². The lowest BCUT2D eigenvalue weighted by Crippen LogP contribution is -2.08. The second kappa shape index (κ2) is 11.7. The first-order valence-corrected chi connectivity index (χ1v) is 7.76. The number of nitrogens with zero attached hydrogens (tertiary/aromatic N) is 2. The van der Waals surface area contributed by atoms with Crippen LogP contribution in [-0.4, -0.2) is 21.7 Å². The van der Waals surface area contributed by atoms with Gasteiger partial charge in [-0.2, -0.15) is 0 Å². The van der Waals surface area contributed by atoms with E-state index in [9.17, 15) is 0 Å². The SMILES string of the molecule is Cl.Cl.NC(=NCCCc1ncc[nH]1)SCc1ccc(Cl)cc1. The molecule has 0 fully saturated rings. The topological polar surface area (TPSA) is 67.1 Å². The van der Waals surface area contributed by atoms with Gasteiger partial charge in [0, 0.05) is 36.1 Å². The average Bonchev–Trinajstić information content (AvgIpc) is 2.96. The lowest BCUT2D eigenvalue weighted by Gasteiger charge is -2.02. The van der Waals surface area contributed by atoms with Gasteiger partial charge in [-0.25, -0.2) is 4.98 Å². The lowest BCUT2D eigenvalue weighted by molar-refractivity contribution is 0.795. The Labute approximate surface area is 152 Å². The Morgan fingerprint density at radius 2 is 2.00 bits per heavy atom. The van der Waals surface area contributed by atoms with Crippen molar-refractivity contribution in [1.82, 2.24) is 9.97 Å². The van der Waals surface area contributed by atoms with Crippen molar-refractivity contribution in [2.75, 3.05) is 6.54 Å². The van der Waals surface area contributed by atoms with Crippen LogP contribution in [0.15, 0.2) is 41.7 Å². The Balaban J connectivity index is 0.00000220. The summed E-state index contributed by atoms with van der Waals surface area (Å²) in [4.78, 5) is 11.6. The summed E-state index contributed by atoms with van der Waals surface area (Å²) in [6.45, 7) is 0.722. The van der Waals surface area contributed by atoms with Crippen LogP contribution in [-0.2, 0) is 12.2 Å². The van der Waals surface area contributed by atoms with E-state index in [1.54, 1.807) is 18.0 Å². The molecule has 4 nitrogen and oxygen atoms in total. The molecule has 0 radical (unpaired) electrons. The summed E-state index contributed by atoms with van der Waals surface area (Å²) in [5.41, 5.74) is 7.06. The van der Waals surface area contributed by atoms with E-state index in [2.05, 4.69) is 15.0 Å². The van der Waals surface area contributed by atoms with Crippen molar-refractivity contribution in [2.45, 2.75) is 18.6 Å². The molecular weight excluding hydrogens is 363 g/mol. The van der Waals surface area contributed by atoms with Gasteiger partial charge in [0.25, 0.3) is 0 Å². The molecule has 0 bridgehead atoms. The zero-order chi connectivity index (χ0) is 14.2. The third kappa shape index (κ3) is 7.94. The summed E-state index contributed by atoms with van der Waals surface area (Å²) in [6, 6.07) is 7.77. The number of imidazole rings is 1. The molecule has 0 aliphatic rings. The van der Waals surface area contributed by atoms with Crippen LogP contribution in [0.3, 0.4) is 0 Å². The van der Waals surface area contributed by atoms with Gasteiger partial charge in [-0.15, -0.1) is 24.8 Å².